The van der Waals surface area contributed by atoms with Crippen molar-refractivity contribution in [3.63, 3.8) is 0 Å². The van der Waals surface area contributed by atoms with E-state index in [0.717, 1.165) is 66.9 Å². The average molecular weight is 673 g/mol. The number of benzene rings is 7. The maximum atomic E-state index is 6.39. The molecule has 0 saturated carbocycles. The Hall–Kier alpha value is -6.59. The average Bonchev–Trinajstić information content (AvgIpc) is 3.96. The van der Waals surface area contributed by atoms with Crippen LogP contribution in [0.15, 0.2) is 154 Å². The van der Waals surface area contributed by atoms with E-state index in [4.69, 9.17) is 18.6 Å². The lowest BCUT2D eigenvalue weighted by Crippen LogP contribution is -2.14. The summed E-state index contributed by atoms with van der Waals surface area (Å²) in [5, 5.41) is 5.92. The molecule has 11 rings (SSSR count). The standard InChI is InChI=1S/C47H32N2O3/c1-47(2)35-20-21-42-44(34-12-3-6-15-39(34)50-42)43(35)33-19-18-29(26-36(33)47)27-10-9-11-28(22-27)30-23-31(45-48-37-13-4-7-16-40(37)51-45)25-32(24-30)46-49-38-14-5-8-17-41(38)52-46/h3-26,45,48H,1-2H3. The van der Waals surface area contributed by atoms with Crippen molar-refractivity contribution in [2.45, 2.75) is 25.5 Å². The largest absolute Gasteiger partial charge is 0.464 e. The summed E-state index contributed by atoms with van der Waals surface area (Å²) >= 11 is 0. The lowest BCUT2D eigenvalue weighted by Gasteiger charge is -2.22. The molecular formula is C47H32N2O3. The zero-order chi connectivity index (χ0) is 34.6. The minimum absolute atomic E-state index is 0.167. The molecule has 2 aromatic heterocycles. The van der Waals surface area contributed by atoms with Crippen molar-refractivity contribution in [2.75, 3.05) is 5.32 Å². The van der Waals surface area contributed by atoms with Gasteiger partial charge in [-0.05, 0) is 111 Å². The Bertz CT molecular complexity index is 2850. The van der Waals surface area contributed by atoms with Crippen molar-refractivity contribution >= 4 is 38.7 Å². The first-order chi connectivity index (χ1) is 25.5. The van der Waals surface area contributed by atoms with Gasteiger partial charge in [-0.25, -0.2) is 4.98 Å². The monoisotopic (exact) mass is 672 g/mol. The number of nitrogens with one attached hydrogen (secondary N) is 1. The molecule has 5 heteroatoms. The van der Waals surface area contributed by atoms with Crippen molar-refractivity contribution in [3.8, 4) is 50.6 Å². The van der Waals surface area contributed by atoms with Gasteiger partial charge in [0.05, 0.1) is 5.69 Å². The third-order valence-electron chi connectivity index (χ3n) is 10.9. The van der Waals surface area contributed by atoms with Crippen LogP contribution < -0.4 is 10.1 Å². The van der Waals surface area contributed by atoms with E-state index in [2.05, 4.69) is 110 Å². The predicted molar refractivity (Wildman–Crippen MR) is 209 cm³/mol. The topological polar surface area (TPSA) is 60.4 Å². The van der Waals surface area contributed by atoms with Gasteiger partial charge in [-0.2, -0.15) is 0 Å². The normalized spacial score (nSPS) is 15.4. The number of hydrogen-bond donors (Lipinski definition) is 1. The van der Waals surface area contributed by atoms with Crippen LogP contribution >= 0.6 is 0 Å². The SMILES string of the molecule is CC1(C)c2cc(-c3cccc(-c4cc(-c5nc6ccccc6o5)cc(C5Nc6ccccc6O5)c4)c3)ccc2-c2c1ccc1oc3ccccc3c21. The van der Waals surface area contributed by atoms with Crippen LogP contribution in [0.2, 0.25) is 0 Å². The molecule has 0 amide bonds. The van der Waals surface area contributed by atoms with Crippen molar-refractivity contribution in [2.24, 2.45) is 0 Å². The Morgan fingerprint density at radius 2 is 1.33 bits per heavy atom. The fraction of sp³-hybridized carbons (Fsp3) is 0.0851. The van der Waals surface area contributed by atoms with E-state index in [1.54, 1.807) is 0 Å². The maximum absolute atomic E-state index is 6.39. The molecule has 1 unspecified atom stereocenters. The lowest BCUT2D eigenvalue weighted by atomic mass is 9.81. The molecule has 1 N–H and O–H groups in total. The number of rotatable bonds is 4. The van der Waals surface area contributed by atoms with Crippen molar-refractivity contribution in [3.05, 3.63) is 162 Å². The Kier molecular flexibility index (Phi) is 6.01. The highest BCUT2D eigenvalue weighted by Crippen LogP contribution is 2.53. The van der Waals surface area contributed by atoms with Crippen molar-refractivity contribution < 1.29 is 13.6 Å². The van der Waals surface area contributed by atoms with Crippen LogP contribution in [0.5, 0.6) is 5.75 Å². The first-order valence-corrected chi connectivity index (χ1v) is 17.7. The number of para-hydroxylation sites is 5. The summed E-state index contributed by atoms with van der Waals surface area (Å²) in [7, 11) is 0. The van der Waals surface area contributed by atoms with E-state index < -0.39 is 0 Å². The summed E-state index contributed by atoms with van der Waals surface area (Å²) in [6.07, 6.45) is -0.344. The third kappa shape index (κ3) is 4.32. The summed E-state index contributed by atoms with van der Waals surface area (Å²) in [6, 6.07) is 50.9. The molecule has 9 aromatic rings. The Morgan fingerprint density at radius 3 is 2.21 bits per heavy atom. The van der Waals surface area contributed by atoms with Crippen LogP contribution in [0.1, 0.15) is 36.8 Å². The second-order valence-corrected chi connectivity index (χ2v) is 14.4. The zero-order valence-electron chi connectivity index (χ0n) is 28.6. The van der Waals surface area contributed by atoms with Gasteiger partial charge in [-0.15, -0.1) is 0 Å². The highest BCUT2D eigenvalue weighted by molar-refractivity contribution is 6.15. The fourth-order valence-electron chi connectivity index (χ4n) is 8.33. The second kappa shape index (κ2) is 10.7. The fourth-order valence-corrected chi connectivity index (χ4v) is 8.33. The zero-order valence-corrected chi connectivity index (χ0v) is 28.6. The van der Waals surface area contributed by atoms with Crippen LogP contribution in [-0.2, 0) is 5.41 Å². The van der Waals surface area contributed by atoms with Gasteiger partial charge in [0.15, 0.2) is 11.8 Å². The molecule has 0 saturated heterocycles. The van der Waals surface area contributed by atoms with Gasteiger partial charge in [0.25, 0.3) is 0 Å². The minimum Gasteiger partial charge on any atom is -0.464 e. The Labute approximate surface area is 300 Å². The molecule has 7 aromatic carbocycles. The van der Waals surface area contributed by atoms with Gasteiger partial charge in [-0.1, -0.05) is 92.7 Å². The van der Waals surface area contributed by atoms with Gasteiger partial charge >= 0.3 is 0 Å². The van der Waals surface area contributed by atoms with Crippen molar-refractivity contribution in [1.82, 2.24) is 4.98 Å². The molecule has 52 heavy (non-hydrogen) atoms. The van der Waals surface area contributed by atoms with E-state index in [9.17, 15) is 0 Å². The summed E-state index contributed by atoms with van der Waals surface area (Å²) in [5.74, 6) is 1.42. The second-order valence-electron chi connectivity index (χ2n) is 14.4. The number of hydrogen-bond acceptors (Lipinski definition) is 5. The predicted octanol–water partition coefficient (Wildman–Crippen LogP) is 12.5. The Balaban J connectivity index is 1.02. The van der Waals surface area contributed by atoms with Gasteiger partial charge in [0.2, 0.25) is 5.89 Å². The number of anilines is 1. The van der Waals surface area contributed by atoms with Crippen LogP contribution in [-0.4, -0.2) is 4.98 Å². The molecule has 0 radical (unpaired) electrons. The molecule has 248 valence electrons. The van der Waals surface area contributed by atoms with Gasteiger partial charge in [0.1, 0.15) is 22.4 Å². The van der Waals surface area contributed by atoms with Gasteiger partial charge in [-0.3, -0.25) is 0 Å². The molecule has 2 aliphatic rings. The molecule has 0 bridgehead atoms. The quantitative estimate of drug-likeness (QED) is 0.202. The number of oxazole rings is 1. The number of ether oxygens (including phenoxy) is 1. The van der Waals surface area contributed by atoms with E-state index in [1.807, 2.05) is 54.6 Å². The third-order valence-corrected chi connectivity index (χ3v) is 10.9. The highest BCUT2D eigenvalue weighted by Gasteiger charge is 2.37. The first-order valence-electron chi connectivity index (χ1n) is 17.7. The molecule has 1 aliphatic heterocycles. The molecule has 0 fully saturated rings. The molecule has 5 nitrogen and oxygen atoms in total. The van der Waals surface area contributed by atoms with Crippen molar-refractivity contribution in [1.29, 1.82) is 0 Å². The number of fused-ring (bicyclic) bond motifs is 9. The molecule has 1 aliphatic carbocycles. The van der Waals surface area contributed by atoms with E-state index in [-0.39, 0.29) is 11.6 Å². The molecule has 1 atom stereocenters. The summed E-state index contributed by atoms with van der Waals surface area (Å²) in [5.41, 5.74) is 15.9. The number of aromatic nitrogens is 1. The van der Waals surface area contributed by atoms with Gasteiger partial charge in [0, 0.05) is 27.3 Å². The highest BCUT2D eigenvalue weighted by atomic mass is 16.5. The minimum atomic E-state index is -0.344. The van der Waals surface area contributed by atoms with Crippen LogP contribution in [0, 0.1) is 0 Å². The van der Waals surface area contributed by atoms with E-state index >= 15 is 0 Å². The first kappa shape index (κ1) is 29.2. The van der Waals surface area contributed by atoms with E-state index in [1.165, 1.54) is 33.2 Å². The van der Waals surface area contributed by atoms with Crippen LogP contribution in [0.3, 0.4) is 0 Å². The molecule has 0 spiro atoms. The number of nitrogens with zero attached hydrogens (tertiary/aromatic N) is 1. The molecule has 3 heterocycles. The van der Waals surface area contributed by atoms with E-state index in [0.29, 0.717) is 5.89 Å². The summed E-state index contributed by atoms with van der Waals surface area (Å²) < 4.78 is 19.0. The van der Waals surface area contributed by atoms with Gasteiger partial charge < -0.3 is 18.9 Å². The Morgan fingerprint density at radius 1 is 0.577 bits per heavy atom. The van der Waals surface area contributed by atoms with Crippen LogP contribution in [0.4, 0.5) is 5.69 Å². The van der Waals surface area contributed by atoms with Crippen LogP contribution in [0.25, 0.3) is 77.9 Å². The number of furan rings is 1. The smallest absolute Gasteiger partial charge is 0.227 e. The lowest BCUT2D eigenvalue weighted by molar-refractivity contribution is 0.260. The summed E-state index contributed by atoms with van der Waals surface area (Å²) in [4.78, 5) is 4.85. The molecular weight excluding hydrogens is 641 g/mol. The summed E-state index contributed by atoms with van der Waals surface area (Å²) in [6.45, 7) is 4.67. The maximum Gasteiger partial charge on any atom is 0.227 e.